The Hall–Kier alpha value is -2.15. The number of nitrogens with zero attached hydrogens (tertiary/aromatic N) is 1. The van der Waals surface area contributed by atoms with Crippen molar-refractivity contribution in [3.05, 3.63) is 48.4 Å². The fraction of sp³-hybridized carbons (Fsp3) is 0. The van der Waals surface area contributed by atoms with Crippen molar-refractivity contribution in [2.45, 2.75) is 4.90 Å². The Morgan fingerprint density at radius 2 is 1.78 bits per heavy atom. The second-order valence-electron chi connectivity index (χ2n) is 3.52. The number of hydrogen-bond acceptors (Lipinski definition) is 4. The largest absolute Gasteiger partial charge is 0.399 e. The van der Waals surface area contributed by atoms with Gasteiger partial charge < -0.3 is 5.73 Å². The van der Waals surface area contributed by atoms with Crippen molar-refractivity contribution in [1.29, 1.82) is 0 Å². The van der Waals surface area contributed by atoms with E-state index < -0.39 is 16.0 Å². The Balaban J connectivity index is 2.30. The average molecular weight is 267 g/mol. The molecule has 7 heteroatoms. The molecule has 1 aromatic heterocycles. The first-order chi connectivity index (χ1) is 8.47. The average Bonchev–Trinajstić information content (AvgIpc) is 2.29. The molecule has 0 saturated carbocycles. The number of nitrogens with one attached hydrogen (secondary N) is 1. The zero-order valence-corrected chi connectivity index (χ0v) is 9.99. The van der Waals surface area contributed by atoms with Crippen LogP contribution in [-0.4, -0.2) is 13.4 Å². The van der Waals surface area contributed by atoms with E-state index in [4.69, 9.17) is 5.73 Å². The van der Waals surface area contributed by atoms with Gasteiger partial charge in [0.1, 0.15) is 5.82 Å². The molecule has 0 aliphatic rings. The van der Waals surface area contributed by atoms with Gasteiger partial charge in [0.2, 0.25) is 5.95 Å². The molecule has 0 aliphatic carbocycles. The van der Waals surface area contributed by atoms with E-state index >= 15 is 0 Å². The topological polar surface area (TPSA) is 85.1 Å². The zero-order valence-electron chi connectivity index (χ0n) is 9.17. The Kier molecular flexibility index (Phi) is 3.15. The van der Waals surface area contributed by atoms with Gasteiger partial charge in [0, 0.05) is 5.69 Å². The van der Waals surface area contributed by atoms with Crippen LogP contribution >= 0.6 is 0 Å². The quantitative estimate of drug-likeness (QED) is 0.653. The molecule has 5 nitrogen and oxygen atoms in total. The smallest absolute Gasteiger partial charge is 0.263 e. The molecule has 0 atom stereocenters. The summed E-state index contributed by atoms with van der Waals surface area (Å²) in [7, 11) is -3.78. The molecule has 0 amide bonds. The van der Waals surface area contributed by atoms with E-state index in [1.165, 1.54) is 36.4 Å². The van der Waals surface area contributed by atoms with Crippen molar-refractivity contribution < 1.29 is 12.8 Å². The maximum atomic E-state index is 12.8. The highest BCUT2D eigenvalue weighted by Crippen LogP contribution is 2.15. The number of pyridine rings is 1. The second-order valence-corrected chi connectivity index (χ2v) is 5.20. The Morgan fingerprint density at radius 1 is 1.11 bits per heavy atom. The standard InChI is InChI=1S/C11H10FN3O2S/c12-10-2-1-3-11(14-10)15-18(16,17)9-6-4-8(13)5-7-9/h1-7H,13H2,(H,14,15). The number of nitrogen functional groups attached to an aromatic ring is 1. The number of anilines is 2. The van der Waals surface area contributed by atoms with Gasteiger partial charge >= 0.3 is 0 Å². The van der Waals surface area contributed by atoms with E-state index in [2.05, 4.69) is 9.71 Å². The van der Waals surface area contributed by atoms with Crippen molar-refractivity contribution in [3.63, 3.8) is 0 Å². The number of benzene rings is 1. The fourth-order valence-corrected chi connectivity index (χ4v) is 2.31. The van der Waals surface area contributed by atoms with Crippen molar-refractivity contribution >= 4 is 21.5 Å². The number of sulfonamides is 1. The van der Waals surface area contributed by atoms with Crippen molar-refractivity contribution in [2.75, 3.05) is 10.5 Å². The van der Waals surface area contributed by atoms with Crippen LogP contribution in [0.25, 0.3) is 0 Å². The highest BCUT2D eigenvalue weighted by molar-refractivity contribution is 7.92. The highest BCUT2D eigenvalue weighted by Gasteiger charge is 2.14. The monoisotopic (exact) mass is 267 g/mol. The molecule has 0 spiro atoms. The lowest BCUT2D eigenvalue weighted by Crippen LogP contribution is -2.14. The molecule has 94 valence electrons. The predicted octanol–water partition coefficient (Wildman–Crippen LogP) is 1.60. The molecular weight excluding hydrogens is 257 g/mol. The molecule has 0 unspecified atom stereocenters. The van der Waals surface area contributed by atoms with E-state index in [0.29, 0.717) is 5.69 Å². The van der Waals surface area contributed by atoms with Gasteiger partial charge in [0.05, 0.1) is 4.90 Å². The Morgan fingerprint density at radius 3 is 2.39 bits per heavy atom. The summed E-state index contributed by atoms with van der Waals surface area (Å²) in [6, 6.07) is 9.50. The summed E-state index contributed by atoms with van der Waals surface area (Å²) in [5, 5.41) is 0. The second kappa shape index (κ2) is 4.61. The van der Waals surface area contributed by atoms with Gasteiger partial charge in [-0.3, -0.25) is 4.72 Å². The van der Waals surface area contributed by atoms with E-state index in [1.807, 2.05) is 0 Å². The summed E-state index contributed by atoms with van der Waals surface area (Å²) in [6.45, 7) is 0. The van der Waals surface area contributed by atoms with E-state index in [1.54, 1.807) is 0 Å². The zero-order chi connectivity index (χ0) is 13.2. The third-order valence-corrected chi connectivity index (χ3v) is 3.52. The molecule has 2 rings (SSSR count). The summed E-state index contributed by atoms with van der Waals surface area (Å²) in [5.41, 5.74) is 5.92. The van der Waals surface area contributed by atoms with Gasteiger partial charge in [-0.2, -0.15) is 4.39 Å². The van der Waals surface area contributed by atoms with Gasteiger partial charge in [-0.1, -0.05) is 6.07 Å². The lowest BCUT2D eigenvalue weighted by atomic mass is 10.3. The maximum absolute atomic E-state index is 12.8. The first-order valence-electron chi connectivity index (χ1n) is 4.98. The molecular formula is C11H10FN3O2S. The SMILES string of the molecule is Nc1ccc(S(=O)(=O)Nc2cccc(F)n2)cc1. The summed E-state index contributed by atoms with van der Waals surface area (Å²) >= 11 is 0. The van der Waals surface area contributed by atoms with Crippen LogP contribution in [0.2, 0.25) is 0 Å². The Labute approximate surface area is 104 Å². The van der Waals surface area contributed by atoms with E-state index in [0.717, 1.165) is 6.07 Å². The summed E-state index contributed by atoms with van der Waals surface area (Å²) in [4.78, 5) is 3.45. The first kappa shape index (κ1) is 12.3. The van der Waals surface area contributed by atoms with E-state index in [9.17, 15) is 12.8 Å². The molecule has 18 heavy (non-hydrogen) atoms. The van der Waals surface area contributed by atoms with Crippen LogP contribution < -0.4 is 10.5 Å². The molecule has 0 saturated heterocycles. The number of aromatic nitrogens is 1. The lowest BCUT2D eigenvalue weighted by molar-refractivity contribution is 0.584. The summed E-state index contributed by atoms with van der Waals surface area (Å²) < 4.78 is 38.8. The highest BCUT2D eigenvalue weighted by atomic mass is 32.2. The van der Waals surface area contributed by atoms with Crippen molar-refractivity contribution in [1.82, 2.24) is 4.98 Å². The third kappa shape index (κ3) is 2.75. The van der Waals surface area contributed by atoms with Gasteiger partial charge in [-0.05, 0) is 36.4 Å². The van der Waals surface area contributed by atoms with Gasteiger partial charge in [-0.25, -0.2) is 13.4 Å². The molecule has 0 radical (unpaired) electrons. The minimum atomic E-state index is -3.78. The number of halogens is 1. The number of hydrogen-bond donors (Lipinski definition) is 2. The Bertz CT molecular complexity index is 656. The van der Waals surface area contributed by atoms with Crippen LogP contribution in [0.5, 0.6) is 0 Å². The van der Waals surface area contributed by atoms with Gasteiger partial charge in [0.25, 0.3) is 10.0 Å². The van der Waals surface area contributed by atoms with Crippen LogP contribution in [0.15, 0.2) is 47.4 Å². The van der Waals surface area contributed by atoms with Crippen LogP contribution in [0, 0.1) is 5.95 Å². The molecule has 1 heterocycles. The maximum Gasteiger partial charge on any atom is 0.263 e. The fourth-order valence-electron chi connectivity index (χ4n) is 1.31. The normalized spacial score (nSPS) is 11.2. The van der Waals surface area contributed by atoms with Crippen LogP contribution in [0.4, 0.5) is 15.9 Å². The molecule has 3 N–H and O–H groups in total. The minimum Gasteiger partial charge on any atom is -0.399 e. The molecule has 2 aromatic rings. The molecule has 1 aromatic carbocycles. The predicted molar refractivity (Wildman–Crippen MR) is 65.9 cm³/mol. The third-order valence-electron chi connectivity index (χ3n) is 2.14. The van der Waals surface area contributed by atoms with Gasteiger partial charge in [0.15, 0.2) is 0 Å². The van der Waals surface area contributed by atoms with Crippen LogP contribution in [0.1, 0.15) is 0 Å². The molecule has 0 aliphatic heterocycles. The van der Waals surface area contributed by atoms with Gasteiger partial charge in [-0.15, -0.1) is 0 Å². The summed E-state index contributed by atoms with van der Waals surface area (Å²) in [5.74, 6) is -0.834. The molecule has 0 bridgehead atoms. The lowest BCUT2D eigenvalue weighted by Gasteiger charge is -2.07. The van der Waals surface area contributed by atoms with Crippen LogP contribution in [0.3, 0.4) is 0 Å². The minimum absolute atomic E-state index is 0.0303. The first-order valence-corrected chi connectivity index (χ1v) is 6.46. The van der Waals surface area contributed by atoms with Crippen molar-refractivity contribution in [2.24, 2.45) is 0 Å². The van der Waals surface area contributed by atoms with E-state index in [-0.39, 0.29) is 10.7 Å². The van der Waals surface area contributed by atoms with Crippen molar-refractivity contribution in [3.8, 4) is 0 Å². The molecule has 0 fully saturated rings. The number of rotatable bonds is 3. The van der Waals surface area contributed by atoms with Crippen LogP contribution in [-0.2, 0) is 10.0 Å². The number of nitrogens with two attached hydrogens (primary N) is 1. The summed E-state index contributed by atoms with van der Waals surface area (Å²) in [6.07, 6.45) is 0.